The van der Waals surface area contributed by atoms with Crippen LogP contribution in [0.4, 0.5) is 17.1 Å². The van der Waals surface area contributed by atoms with Crippen molar-refractivity contribution in [2.75, 3.05) is 4.90 Å². The topological polar surface area (TPSA) is 3.24 Å². The normalized spacial score (nSPS) is 11.8. The molecule has 0 aliphatic heterocycles. The van der Waals surface area contributed by atoms with Gasteiger partial charge in [0.05, 0.1) is 11.4 Å². The Labute approximate surface area is 282 Å². The fourth-order valence-electron chi connectivity index (χ4n) is 7.56. The van der Waals surface area contributed by atoms with Gasteiger partial charge in [-0.2, -0.15) is 0 Å². The molecule has 10 aromatic rings. The van der Waals surface area contributed by atoms with E-state index in [1.165, 1.54) is 85.8 Å². The summed E-state index contributed by atoms with van der Waals surface area (Å²) in [6, 6.07) is 64.6. The van der Waals surface area contributed by atoms with Crippen LogP contribution in [0, 0.1) is 0 Å². The number of nitrogens with zero attached hydrogens (tertiary/aromatic N) is 1. The first-order valence-corrected chi connectivity index (χ1v) is 17.2. The smallest absolute Gasteiger partial charge is 0.0555 e. The van der Waals surface area contributed by atoms with Gasteiger partial charge in [0.15, 0.2) is 0 Å². The largest absolute Gasteiger partial charge is 0.309 e. The summed E-state index contributed by atoms with van der Waals surface area (Å²) < 4.78 is 2.60. The van der Waals surface area contributed by atoms with Gasteiger partial charge in [-0.3, -0.25) is 0 Å². The number of hydrogen-bond acceptors (Lipinski definition) is 2. The zero-order chi connectivity index (χ0) is 31.6. The Bertz CT molecular complexity index is 2840. The van der Waals surface area contributed by atoms with Gasteiger partial charge < -0.3 is 4.90 Å². The van der Waals surface area contributed by atoms with E-state index >= 15 is 0 Å². The minimum Gasteiger partial charge on any atom is -0.309 e. The third-order valence-electron chi connectivity index (χ3n) is 9.81. The maximum absolute atomic E-state index is 2.49. The molecule has 0 unspecified atom stereocenters. The van der Waals surface area contributed by atoms with Gasteiger partial charge in [0.25, 0.3) is 0 Å². The van der Waals surface area contributed by atoms with Crippen LogP contribution in [-0.2, 0) is 0 Å². The molecule has 0 fully saturated rings. The lowest BCUT2D eigenvalue weighted by Crippen LogP contribution is -2.11. The first-order valence-electron chi connectivity index (χ1n) is 16.4. The fraction of sp³-hybridized carbons (Fsp3) is 0. The number of thiophene rings is 1. The molecular weight excluding hydrogens is 599 g/mol. The van der Waals surface area contributed by atoms with E-state index < -0.39 is 0 Å². The van der Waals surface area contributed by atoms with E-state index in [0.29, 0.717) is 0 Å². The standard InChI is InChI=1S/C46H29NS/c1-2-11-34-29-35(20-19-30(34)9-1)31-21-25-36(26-22-31)47(42-16-8-18-44-46(42)40-14-5-6-17-43(40)48-44)41-15-7-12-33-24-27-38-37-13-4-3-10-32(37)23-28-39(38)45(33)41/h1-29H. The number of benzene rings is 9. The lowest BCUT2D eigenvalue weighted by molar-refractivity contribution is 1.32. The van der Waals surface area contributed by atoms with E-state index in [4.69, 9.17) is 0 Å². The molecular formula is C46H29NS. The Morgan fingerprint density at radius 3 is 1.81 bits per heavy atom. The Balaban J connectivity index is 1.25. The lowest BCUT2D eigenvalue weighted by Gasteiger charge is -2.28. The van der Waals surface area contributed by atoms with Crippen LogP contribution >= 0.6 is 11.3 Å². The summed E-state index contributed by atoms with van der Waals surface area (Å²) in [4.78, 5) is 2.49. The molecule has 0 aliphatic carbocycles. The number of hydrogen-bond donors (Lipinski definition) is 0. The molecule has 0 spiro atoms. The average molecular weight is 628 g/mol. The Morgan fingerprint density at radius 1 is 0.333 bits per heavy atom. The van der Waals surface area contributed by atoms with Crippen molar-refractivity contribution in [3.8, 4) is 11.1 Å². The molecule has 0 aliphatic rings. The van der Waals surface area contributed by atoms with Crippen molar-refractivity contribution in [2.24, 2.45) is 0 Å². The van der Waals surface area contributed by atoms with Crippen LogP contribution in [0.5, 0.6) is 0 Å². The van der Waals surface area contributed by atoms with Crippen molar-refractivity contribution in [1.29, 1.82) is 0 Å². The second-order valence-electron chi connectivity index (χ2n) is 12.5. The highest BCUT2D eigenvalue weighted by Gasteiger charge is 2.21. The molecule has 0 saturated heterocycles. The molecule has 0 N–H and O–H groups in total. The van der Waals surface area contributed by atoms with Gasteiger partial charge >= 0.3 is 0 Å². The van der Waals surface area contributed by atoms with Gasteiger partial charge in [-0.25, -0.2) is 0 Å². The average Bonchev–Trinajstić information content (AvgIpc) is 3.54. The maximum atomic E-state index is 2.49. The van der Waals surface area contributed by atoms with Gasteiger partial charge in [0, 0.05) is 31.2 Å². The zero-order valence-corrected chi connectivity index (χ0v) is 26.9. The summed E-state index contributed by atoms with van der Waals surface area (Å²) in [6.45, 7) is 0. The lowest BCUT2D eigenvalue weighted by atomic mass is 9.95. The molecule has 1 aromatic heterocycles. The first-order chi connectivity index (χ1) is 23.8. The molecule has 10 rings (SSSR count). The van der Waals surface area contributed by atoms with E-state index in [9.17, 15) is 0 Å². The second kappa shape index (κ2) is 10.8. The predicted molar refractivity (Wildman–Crippen MR) is 209 cm³/mol. The van der Waals surface area contributed by atoms with Gasteiger partial charge in [-0.1, -0.05) is 133 Å². The molecule has 0 atom stereocenters. The predicted octanol–water partition coefficient (Wildman–Crippen LogP) is 13.8. The van der Waals surface area contributed by atoms with Gasteiger partial charge in [-0.05, 0) is 91.3 Å². The van der Waals surface area contributed by atoms with E-state index in [1.54, 1.807) is 0 Å². The molecule has 224 valence electrons. The molecule has 1 nitrogen and oxygen atoms in total. The highest BCUT2D eigenvalue weighted by molar-refractivity contribution is 7.26. The van der Waals surface area contributed by atoms with Gasteiger partial charge in [0.2, 0.25) is 0 Å². The van der Waals surface area contributed by atoms with Gasteiger partial charge in [0.1, 0.15) is 0 Å². The Hall–Kier alpha value is -5.96. The number of fused-ring (bicyclic) bond motifs is 9. The van der Waals surface area contributed by atoms with Crippen LogP contribution in [0.25, 0.3) is 74.4 Å². The molecule has 1 heterocycles. The van der Waals surface area contributed by atoms with Crippen LogP contribution in [0.1, 0.15) is 0 Å². The van der Waals surface area contributed by atoms with E-state index in [1.807, 2.05) is 11.3 Å². The van der Waals surface area contributed by atoms with E-state index in [-0.39, 0.29) is 0 Å². The first kappa shape index (κ1) is 27.2. The highest BCUT2D eigenvalue weighted by Crippen LogP contribution is 2.48. The summed E-state index contributed by atoms with van der Waals surface area (Å²) in [5.74, 6) is 0. The van der Waals surface area contributed by atoms with Crippen molar-refractivity contribution in [3.05, 3.63) is 176 Å². The third kappa shape index (κ3) is 4.24. The van der Waals surface area contributed by atoms with Crippen LogP contribution in [0.2, 0.25) is 0 Å². The molecule has 0 amide bonds. The Kier molecular flexibility index (Phi) is 6.12. The number of anilines is 3. The minimum atomic E-state index is 1.13. The van der Waals surface area contributed by atoms with Crippen molar-refractivity contribution in [2.45, 2.75) is 0 Å². The molecule has 0 radical (unpaired) electrons. The minimum absolute atomic E-state index is 1.13. The summed E-state index contributed by atoms with van der Waals surface area (Å²) in [7, 11) is 0. The molecule has 48 heavy (non-hydrogen) atoms. The number of rotatable bonds is 4. The van der Waals surface area contributed by atoms with Crippen LogP contribution in [0.15, 0.2) is 176 Å². The van der Waals surface area contributed by atoms with Crippen molar-refractivity contribution >= 4 is 91.7 Å². The van der Waals surface area contributed by atoms with Crippen molar-refractivity contribution in [1.82, 2.24) is 0 Å². The van der Waals surface area contributed by atoms with Crippen molar-refractivity contribution in [3.63, 3.8) is 0 Å². The van der Waals surface area contributed by atoms with E-state index in [2.05, 4.69) is 181 Å². The molecule has 0 saturated carbocycles. The van der Waals surface area contributed by atoms with Crippen LogP contribution in [0.3, 0.4) is 0 Å². The summed E-state index contributed by atoms with van der Waals surface area (Å²) in [5, 5.41) is 12.7. The monoisotopic (exact) mass is 627 g/mol. The Morgan fingerprint density at radius 2 is 0.938 bits per heavy atom. The zero-order valence-electron chi connectivity index (χ0n) is 26.1. The summed E-state index contributed by atoms with van der Waals surface area (Å²) in [6.07, 6.45) is 0. The van der Waals surface area contributed by atoms with Crippen molar-refractivity contribution < 1.29 is 0 Å². The SMILES string of the molecule is c1ccc2cc(-c3ccc(N(c4cccc5ccc6c7ccccc7ccc6c45)c4cccc5sc6ccccc6c45)cc3)ccc2c1. The van der Waals surface area contributed by atoms with Crippen LogP contribution < -0.4 is 4.90 Å². The molecule has 9 aromatic carbocycles. The third-order valence-corrected chi connectivity index (χ3v) is 11.0. The molecule has 2 heteroatoms. The quantitative estimate of drug-likeness (QED) is 0.176. The van der Waals surface area contributed by atoms with E-state index in [0.717, 1.165) is 5.69 Å². The van der Waals surface area contributed by atoms with Gasteiger partial charge in [-0.15, -0.1) is 11.3 Å². The summed E-state index contributed by atoms with van der Waals surface area (Å²) in [5.41, 5.74) is 5.93. The highest BCUT2D eigenvalue weighted by atomic mass is 32.1. The summed E-state index contributed by atoms with van der Waals surface area (Å²) >= 11 is 1.87. The van der Waals surface area contributed by atoms with Crippen LogP contribution in [-0.4, -0.2) is 0 Å². The molecule has 0 bridgehead atoms. The fourth-order valence-corrected chi connectivity index (χ4v) is 8.69. The second-order valence-corrected chi connectivity index (χ2v) is 13.6. The maximum Gasteiger partial charge on any atom is 0.0555 e.